The summed E-state index contributed by atoms with van der Waals surface area (Å²) >= 11 is 0. The maximum atomic E-state index is 12.3. The molecule has 1 atom stereocenters. The van der Waals surface area contributed by atoms with Crippen molar-refractivity contribution in [1.82, 2.24) is 4.90 Å². The van der Waals surface area contributed by atoms with Crippen LogP contribution in [-0.2, 0) is 11.3 Å². The average molecular weight is 236 g/mol. The molecule has 0 spiro atoms. The van der Waals surface area contributed by atoms with E-state index in [2.05, 4.69) is 0 Å². The van der Waals surface area contributed by atoms with Gasteiger partial charge in [0.15, 0.2) is 0 Å². The number of hydrogen-bond acceptors (Lipinski definition) is 3. The molecular weight excluding hydrogens is 216 g/mol. The lowest BCUT2D eigenvalue weighted by molar-refractivity contribution is -0.136. The van der Waals surface area contributed by atoms with Crippen LogP contribution in [0.5, 0.6) is 0 Å². The molecule has 94 valence electrons. The lowest BCUT2D eigenvalue weighted by atomic mass is 10.1. The summed E-state index contributed by atoms with van der Waals surface area (Å²) in [4.78, 5) is 14.2. The number of carbonyl (C=O) groups is 1. The Morgan fingerprint density at radius 2 is 2.41 bits per heavy atom. The number of amides is 1. The SMILES string of the molecule is CC(CCN)C(=O)N(Cc1ccco1)C1CC1. The average Bonchev–Trinajstić information content (AvgIpc) is 3.03. The van der Waals surface area contributed by atoms with E-state index in [-0.39, 0.29) is 11.8 Å². The number of nitrogens with two attached hydrogens (primary N) is 1. The van der Waals surface area contributed by atoms with Crippen LogP contribution in [0, 0.1) is 5.92 Å². The number of hydrogen-bond donors (Lipinski definition) is 1. The molecule has 1 unspecified atom stereocenters. The van der Waals surface area contributed by atoms with E-state index in [0.29, 0.717) is 19.1 Å². The van der Waals surface area contributed by atoms with Gasteiger partial charge in [0.25, 0.3) is 0 Å². The van der Waals surface area contributed by atoms with E-state index in [1.807, 2.05) is 24.0 Å². The van der Waals surface area contributed by atoms with Gasteiger partial charge in [-0.3, -0.25) is 4.79 Å². The molecule has 1 aromatic rings. The van der Waals surface area contributed by atoms with Gasteiger partial charge >= 0.3 is 0 Å². The second-order valence-electron chi connectivity index (χ2n) is 4.76. The molecule has 4 nitrogen and oxygen atoms in total. The van der Waals surface area contributed by atoms with Gasteiger partial charge in [-0.05, 0) is 37.9 Å². The molecular formula is C13H20N2O2. The van der Waals surface area contributed by atoms with Crippen molar-refractivity contribution in [3.05, 3.63) is 24.2 Å². The summed E-state index contributed by atoms with van der Waals surface area (Å²) < 4.78 is 5.31. The molecule has 0 saturated heterocycles. The Kier molecular flexibility index (Phi) is 3.84. The van der Waals surface area contributed by atoms with Gasteiger partial charge in [-0.1, -0.05) is 6.92 Å². The molecule has 1 aliphatic carbocycles. The van der Waals surface area contributed by atoms with Crippen molar-refractivity contribution in [1.29, 1.82) is 0 Å². The van der Waals surface area contributed by atoms with Crippen molar-refractivity contribution in [2.24, 2.45) is 11.7 Å². The first-order valence-corrected chi connectivity index (χ1v) is 6.25. The molecule has 4 heteroatoms. The minimum absolute atomic E-state index is 0.00978. The fraction of sp³-hybridized carbons (Fsp3) is 0.615. The van der Waals surface area contributed by atoms with Crippen LogP contribution in [0.4, 0.5) is 0 Å². The van der Waals surface area contributed by atoms with Crippen LogP contribution in [-0.4, -0.2) is 23.4 Å². The zero-order valence-electron chi connectivity index (χ0n) is 10.3. The van der Waals surface area contributed by atoms with Crippen LogP contribution >= 0.6 is 0 Å². The number of furan rings is 1. The van der Waals surface area contributed by atoms with E-state index >= 15 is 0 Å². The summed E-state index contributed by atoms with van der Waals surface area (Å²) in [5, 5.41) is 0. The highest BCUT2D eigenvalue weighted by Crippen LogP contribution is 2.30. The van der Waals surface area contributed by atoms with Gasteiger partial charge in [0.05, 0.1) is 12.8 Å². The van der Waals surface area contributed by atoms with Crippen molar-refractivity contribution in [2.75, 3.05) is 6.54 Å². The molecule has 1 heterocycles. The van der Waals surface area contributed by atoms with Crippen LogP contribution in [0.2, 0.25) is 0 Å². The zero-order chi connectivity index (χ0) is 12.3. The van der Waals surface area contributed by atoms with E-state index in [9.17, 15) is 4.79 Å². The highest BCUT2D eigenvalue weighted by atomic mass is 16.3. The van der Waals surface area contributed by atoms with Gasteiger partial charge in [-0.15, -0.1) is 0 Å². The lowest BCUT2D eigenvalue weighted by Crippen LogP contribution is -2.37. The molecule has 1 aromatic heterocycles. The quantitative estimate of drug-likeness (QED) is 0.818. The molecule has 1 aliphatic rings. The predicted molar refractivity (Wildman–Crippen MR) is 65.1 cm³/mol. The van der Waals surface area contributed by atoms with Crippen LogP contribution in [0.1, 0.15) is 31.9 Å². The second-order valence-corrected chi connectivity index (χ2v) is 4.76. The third kappa shape index (κ3) is 3.09. The Morgan fingerprint density at radius 1 is 1.65 bits per heavy atom. The molecule has 0 aliphatic heterocycles. The monoisotopic (exact) mass is 236 g/mol. The Balaban J connectivity index is 1.99. The van der Waals surface area contributed by atoms with E-state index in [1.165, 1.54) is 0 Å². The molecule has 1 saturated carbocycles. The maximum Gasteiger partial charge on any atom is 0.226 e. The predicted octanol–water partition coefficient (Wildman–Crippen LogP) is 1.76. The van der Waals surface area contributed by atoms with E-state index < -0.39 is 0 Å². The first kappa shape index (κ1) is 12.2. The summed E-state index contributed by atoms with van der Waals surface area (Å²) in [5.74, 6) is 1.06. The highest BCUT2D eigenvalue weighted by Gasteiger charge is 2.34. The van der Waals surface area contributed by atoms with Gasteiger partial charge in [-0.2, -0.15) is 0 Å². The normalized spacial score (nSPS) is 16.8. The highest BCUT2D eigenvalue weighted by molar-refractivity contribution is 5.79. The summed E-state index contributed by atoms with van der Waals surface area (Å²) in [6, 6.07) is 4.18. The van der Waals surface area contributed by atoms with Crippen LogP contribution in [0.3, 0.4) is 0 Å². The lowest BCUT2D eigenvalue weighted by Gasteiger charge is -2.24. The minimum atomic E-state index is 0.00978. The molecule has 1 amide bonds. The Hall–Kier alpha value is -1.29. The van der Waals surface area contributed by atoms with Gasteiger partial charge in [0.2, 0.25) is 5.91 Å². The van der Waals surface area contributed by atoms with Gasteiger partial charge in [0.1, 0.15) is 5.76 Å². The topological polar surface area (TPSA) is 59.5 Å². The Morgan fingerprint density at radius 3 is 2.94 bits per heavy atom. The van der Waals surface area contributed by atoms with E-state index in [4.69, 9.17) is 10.2 Å². The molecule has 0 bridgehead atoms. The van der Waals surface area contributed by atoms with E-state index in [0.717, 1.165) is 25.0 Å². The van der Waals surface area contributed by atoms with Crippen molar-refractivity contribution in [3.8, 4) is 0 Å². The smallest absolute Gasteiger partial charge is 0.226 e. The standard InChI is InChI=1S/C13H20N2O2/c1-10(6-7-14)13(16)15(11-4-5-11)9-12-3-2-8-17-12/h2-3,8,10-11H,4-7,9,14H2,1H3. The van der Waals surface area contributed by atoms with Crippen LogP contribution < -0.4 is 5.73 Å². The molecule has 0 aromatic carbocycles. The summed E-state index contributed by atoms with van der Waals surface area (Å²) in [6.07, 6.45) is 4.62. The molecule has 0 radical (unpaired) electrons. The fourth-order valence-corrected chi connectivity index (χ4v) is 2.00. The molecule has 2 N–H and O–H groups in total. The number of nitrogens with zero attached hydrogens (tertiary/aromatic N) is 1. The second kappa shape index (κ2) is 5.36. The van der Waals surface area contributed by atoms with Crippen molar-refractivity contribution >= 4 is 5.91 Å². The summed E-state index contributed by atoms with van der Waals surface area (Å²) in [7, 11) is 0. The first-order chi connectivity index (χ1) is 8.22. The molecule has 1 fully saturated rings. The van der Waals surface area contributed by atoms with Crippen molar-refractivity contribution in [3.63, 3.8) is 0 Å². The largest absolute Gasteiger partial charge is 0.467 e. The van der Waals surface area contributed by atoms with Gasteiger partial charge < -0.3 is 15.1 Å². The van der Waals surface area contributed by atoms with Crippen LogP contribution in [0.15, 0.2) is 22.8 Å². The Labute approximate surface area is 102 Å². The number of rotatable bonds is 6. The minimum Gasteiger partial charge on any atom is -0.467 e. The number of carbonyl (C=O) groups excluding carboxylic acids is 1. The molecule has 17 heavy (non-hydrogen) atoms. The fourth-order valence-electron chi connectivity index (χ4n) is 2.00. The third-order valence-electron chi connectivity index (χ3n) is 3.20. The maximum absolute atomic E-state index is 12.3. The van der Waals surface area contributed by atoms with Gasteiger partial charge in [0, 0.05) is 12.0 Å². The van der Waals surface area contributed by atoms with Crippen molar-refractivity contribution < 1.29 is 9.21 Å². The first-order valence-electron chi connectivity index (χ1n) is 6.25. The van der Waals surface area contributed by atoms with Crippen molar-refractivity contribution in [2.45, 2.75) is 38.8 Å². The molecule has 2 rings (SSSR count). The summed E-state index contributed by atoms with van der Waals surface area (Å²) in [5.41, 5.74) is 5.51. The zero-order valence-corrected chi connectivity index (χ0v) is 10.3. The third-order valence-corrected chi connectivity index (χ3v) is 3.20. The Bertz CT molecular complexity index is 358. The van der Waals surface area contributed by atoms with Gasteiger partial charge in [-0.25, -0.2) is 0 Å². The van der Waals surface area contributed by atoms with E-state index in [1.54, 1.807) is 6.26 Å². The van der Waals surface area contributed by atoms with Crippen LogP contribution in [0.25, 0.3) is 0 Å². The summed E-state index contributed by atoms with van der Waals surface area (Å²) in [6.45, 7) is 3.10.